The molecule has 2 fully saturated rings. The van der Waals surface area contributed by atoms with Crippen LogP contribution in [-0.2, 0) is 14.4 Å². The standard InChI is InChI=1S/C15H26N2O4/c1-15(2,3)21-14(19)17-8-11-6-10(7-12(11)9-17)13(18)16(4)20-5/h10-12H,6-9H2,1-5H3/t10-,11-,12+. The van der Waals surface area contributed by atoms with Gasteiger partial charge in [0.2, 0.25) is 5.91 Å². The lowest BCUT2D eigenvalue weighted by molar-refractivity contribution is -0.173. The second-order valence-electron chi connectivity index (χ2n) is 7.09. The molecule has 0 aromatic rings. The Morgan fingerprint density at radius 3 is 2.10 bits per heavy atom. The molecule has 0 unspecified atom stereocenters. The van der Waals surface area contributed by atoms with Gasteiger partial charge in [0.05, 0.1) is 7.11 Å². The van der Waals surface area contributed by atoms with Crippen LogP contribution in [-0.4, -0.2) is 54.8 Å². The molecule has 0 aromatic heterocycles. The van der Waals surface area contributed by atoms with Gasteiger partial charge in [-0.2, -0.15) is 0 Å². The first-order valence-electron chi connectivity index (χ1n) is 7.51. The lowest BCUT2D eigenvalue weighted by atomic mass is 10.0. The first-order valence-corrected chi connectivity index (χ1v) is 7.51. The molecule has 6 nitrogen and oxygen atoms in total. The zero-order chi connectivity index (χ0) is 15.8. The average Bonchev–Trinajstić information content (AvgIpc) is 2.92. The number of carbonyl (C=O) groups is 2. The molecular weight excluding hydrogens is 272 g/mol. The van der Waals surface area contributed by atoms with E-state index in [1.807, 2.05) is 20.8 Å². The van der Waals surface area contributed by atoms with Gasteiger partial charge >= 0.3 is 6.09 Å². The summed E-state index contributed by atoms with van der Waals surface area (Å²) in [6.07, 6.45) is 1.42. The topological polar surface area (TPSA) is 59.1 Å². The van der Waals surface area contributed by atoms with Gasteiger partial charge < -0.3 is 9.64 Å². The van der Waals surface area contributed by atoms with Crippen molar-refractivity contribution in [2.45, 2.75) is 39.2 Å². The summed E-state index contributed by atoms with van der Waals surface area (Å²) in [5, 5.41) is 1.30. The van der Waals surface area contributed by atoms with Gasteiger partial charge in [-0.3, -0.25) is 9.63 Å². The summed E-state index contributed by atoms with van der Waals surface area (Å²) in [5.74, 6) is 0.856. The minimum absolute atomic E-state index is 0.0192. The number of hydroxylamine groups is 2. The molecule has 120 valence electrons. The molecule has 3 atom stereocenters. The lowest BCUT2D eigenvalue weighted by Crippen LogP contribution is -2.37. The minimum Gasteiger partial charge on any atom is -0.444 e. The first kappa shape index (κ1) is 16.1. The number of nitrogens with zero attached hydrogens (tertiary/aromatic N) is 2. The van der Waals surface area contributed by atoms with Crippen LogP contribution in [0.2, 0.25) is 0 Å². The van der Waals surface area contributed by atoms with E-state index in [2.05, 4.69) is 0 Å². The van der Waals surface area contributed by atoms with E-state index in [-0.39, 0.29) is 17.9 Å². The Labute approximate surface area is 126 Å². The molecule has 2 aliphatic rings. The van der Waals surface area contributed by atoms with Gasteiger partial charge in [0.15, 0.2) is 0 Å². The van der Waals surface area contributed by atoms with Gasteiger partial charge in [-0.05, 0) is 45.4 Å². The summed E-state index contributed by atoms with van der Waals surface area (Å²) in [6.45, 7) is 7.01. The molecule has 0 spiro atoms. The van der Waals surface area contributed by atoms with Gasteiger partial charge in [-0.1, -0.05) is 0 Å². The summed E-state index contributed by atoms with van der Waals surface area (Å²) in [4.78, 5) is 30.9. The van der Waals surface area contributed by atoms with Crippen LogP contribution in [0.1, 0.15) is 33.6 Å². The zero-order valence-corrected chi connectivity index (χ0v) is 13.6. The van der Waals surface area contributed by atoms with Crippen molar-refractivity contribution in [1.29, 1.82) is 0 Å². The SMILES string of the molecule is CON(C)C(=O)[C@@H]1C[C@@H]2CN(C(=O)OC(C)(C)C)C[C@@H]2C1. The van der Waals surface area contributed by atoms with Crippen molar-refractivity contribution in [3.05, 3.63) is 0 Å². The maximum atomic E-state index is 12.1. The third kappa shape index (κ3) is 3.67. The van der Waals surface area contributed by atoms with Gasteiger partial charge in [-0.25, -0.2) is 9.86 Å². The van der Waals surface area contributed by atoms with Crippen molar-refractivity contribution in [1.82, 2.24) is 9.96 Å². The molecule has 1 aliphatic heterocycles. The highest BCUT2D eigenvalue weighted by Crippen LogP contribution is 2.42. The van der Waals surface area contributed by atoms with Gasteiger partial charge in [-0.15, -0.1) is 0 Å². The molecule has 0 N–H and O–H groups in total. The molecule has 1 saturated heterocycles. The van der Waals surface area contributed by atoms with Crippen molar-refractivity contribution in [2.24, 2.45) is 17.8 Å². The van der Waals surface area contributed by atoms with E-state index < -0.39 is 5.60 Å². The molecule has 0 aromatic carbocycles. The first-order chi connectivity index (χ1) is 9.71. The van der Waals surface area contributed by atoms with E-state index in [1.165, 1.54) is 12.2 Å². The number of likely N-dealkylation sites (tertiary alicyclic amines) is 1. The van der Waals surface area contributed by atoms with Crippen LogP contribution in [0.4, 0.5) is 4.79 Å². The Hall–Kier alpha value is -1.30. The molecule has 2 amide bonds. The van der Waals surface area contributed by atoms with Crippen molar-refractivity contribution in [3.63, 3.8) is 0 Å². The summed E-state index contributed by atoms with van der Waals surface area (Å²) in [6, 6.07) is 0. The fraction of sp³-hybridized carbons (Fsp3) is 0.867. The maximum Gasteiger partial charge on any atom is 0.410 e. The van der Waals surface area contributed by atoms with Crippen LogP contribution in [0.25, 0.3) is 0 Å². The maximum absolute atomic E-state index is 12.1. The second-order valence-corrected chi connectivity index (χ2v) is 7.09. The summed E-state index contributed by atoms with van der Waals surface area (Å²) in [7, 11) is 3.14. The molecule has 0 radical (unpaired) electrons. The number of ether oxygens (including phenoxy) is 1. The third-order valence-electron chi connectivity index (χ3n) is 4.34. The largest absolute Gasteiger partial charge is 0.444 e. The van der Waals surface area contributed by atoms with E-state index in [0.717, 1.165) is 12.8 Å². The number of hydrogen-bond acceptors (Lipinski definition) is 4. The zero-order valence-electron chi connectivity index (χ0n) is 13.6. The van der Waals surface area contributed by atoms with E-state index in [0.29, 0.717) is 24.9 Å². The van der Waals surface area contributed by atoms with Gasteiger partial charge in [0.1, 0.15) is 5.60 Å². The van der Waals surface area contributed by atoms with Crippen molar-refractivity contribution in [3.8, 4) is 0 Å². The fourth-order valence-corrected chi connectivity index (χ4v) is 3.32. The molecule has 21 heavy (non-hydrogen) atoms. The van der Waals surface area contributed by atoms with E-state index in [9.17, 15) is 9.59 Å². The molecular formula is C15H26N2O4. The lowest BCUT2D eigenvalue weighted by Gasteiger charge is -2.25. The predicted octanol–water partition coefficient (Wildman–Crippen LogP) is 1.90. The van der Waals surface area contributed by atoms with Crippen LogP contribution in [0.5, 0.6) is 0 Å². The summed E-state index contributed by atoms with van der Waals surface area (Å²) in [5.41, 5.74) is -0.464. The highest BCUT2D eigenvalue weighted by Gasteiger charge is 2.45. The average molecular weight is 298 g/mol. The van der Waals surface area contributed by atoms with Gasteiger partial charge in [0.25, 0.3) is 0 Å². The predicted molar refractivity (Wildman–Crippen MR) is 77.3 cm³/mol. The second kappa shape index (κ2) is 5.83. The Kier molecular flexibility index (Phi) is 4.46. The molecule has 2 rings (SSSR count). The quantitative estimate of drug-likeness (QED) is 0.731. The molecule has 0 bridgehead atoms. The summed E-state index contributed by atoms with van der Waals surface area (Å²) < 4.78 is 5.41. The number of rotatable bonds is 2. The van der Waals surface area contributed by atoms with Crippen LogP contribution in [0.15, 0.2) is 0 Å². The summed E-state index contributed by atoms with van der Waals surface area (Å²) >= 11 is 0. The molecule has 1 aliphatic carbocycles. The van der Waals surface area contributed by atoms with Crippen LogP contribution in [0, 0.1) is 17.8 Å². The van der Waals surface area contributed by atoms with Crippen molar-refractivity contribution < 1.29 is 19.2 Å². The third-order valence-corrected chi connectivity index (χ3v) is 4.34. The van der Waals surface area contributed by atoms with E-state index >= 15 is 0 Å². The van der Waals surface area contributed by atoms with Crippen LogP contribution >= 0.6 is 0 Å². The van der Waals surface area contributed by atoms with Crippen LogP contribution < -0.4 is 0 Å². The highest BCUT2D eigenvalue weighted by atomic mass is 16.7. The molecule has 6 heteroatoms. The highest BCUT2D eigenvalue weighted by molar-refractivity contribution is 5.78. The molecule has 1 heterocycles. The number of carbonyl (C=O) groups excluding carboxylic acids is 2. The van der Waals surface area contributed by atoms with E-state index in [1.54, 1.807) is 11.9 Å². The van der Waals surface area contributed by atoms with E-state index in [4.69, 9.17) is 9.57 Å². The number of fused-ring (bicyclic) bond motifs is 1. The molecule has 1 saturated carbocycles. The Balaban J connectivity index is 1.87. The number of amides is 2. The van der Waals surface area contributed by atoms with Gasteiger partial charge in [0, 0.05) is 26.1 Å². The van der Waals surface area contributed by atoms with Crippen LogP contribution in [0.3, 0.4) is 0 Å². The Morgan fingerprint density at radius 2 is 1.67 bits per heavy atom. The van der Waals surface area contributed by atoms with Crippen molar-refractivity contribution >= 4 is 12.0 Å². The number of hydrogen-bond donors (Lipinski definition) is 0. The monoisotopic (exact) mass is 298 g/mol. The Morgan fingerprint density at radius 1 is 1.14 bits per heavy atom. The van der Waals surface area contributed by atoms with Crippen molar-refractivity contribution in [2.75, 3.05) is 27.2 Å². The normalized spacial score (nSPS) is 28.4. The Bertz CT molecular complexity index is 404. The fourth-order valence-electron chi connectivity index (χ4n) is 3.32. The smallest absolute Gasteiger partial charge is 0.410 e. The minimum atomic E-state index is -0.464.